The van der Waals surface area contributed by atoms with Crippen LogP contribution >= 0.6 is 12.2 Å². The maximum atomic E-state index is 13.0. The molecule has 0 saturated carbocycles. The third-order valence-corrected chi connectivity index (χ3v) is 4.01. The standard InChI is InChI=1S/C15H17F3N4S/c1-7(2)9-4-5-20-10(6-9)8(3)14-21-12(15(16,17)18)11(23)13(19)22-14/h4-8,13H,19H2,1-3H3. The van der Waals surface area contributed by atoms with Crippen LogP contribution in [0.3, 0.4) is 0 Å². The summed E-state index contributed by atoms with van der Waals surface area (Å²) < 4.78 is 39.1. The highest BCUT2D eigenvalue weighted by atomic mass is 32.1. The van der Waals surface area contributed by atoms with Crippen LogP contribution in [0.25, 0.3) is 0 Å². The zero-order valence-electron chi connectivity index (χ0n) is 12.9. The van der Waals surface area contributed by atoms with Gasteiger partial charge in [0, 0.05) is 6.20 Å². The fourth-order valence-corrected chi connectivity index (χ4v) is 2.36. The average Bonchev–Trinajstić information content (AvgIpc) is 2.48. The van der Waals surface area contributed by atoms with Gasteiger partial charge in [0.2, 0.25) is 0 Å². The van der Waals surface area contributed by atoms with E-state index in [1.807, 2.05) is 26.0 Å². The van der Waals surface area contributed by atoms with Gasteiger partial charge in [0.05, 0.1) is 16.5 Å². The van der Waals surface area contributed by atoms with Gasteiger partial charge in [-0.2, -0.15) is 13.2 Å². The van der Waals surface area contributed by atoms with Crippen LogP contribution in [0.1, 0.15) is 43.9 Å². The van der Waals surface area contributed by atoms with Gasteiger partial charge in [-0.3, -0.25) is 4.98 Å². The topological polar surface area (TPSA) is 63.6 Å². The van der Waals surface area contributed by atoms with Crippen molar-refractivity contribution >= 4 is 28.6 Å². The van der Waals surface area contributed by atoms with Crippen LogP contribution in [0.15, 0.2) is 28.3 Å². The third-order valence-electron chi connectivity index (χ3n) is 3.57. The lowest BCUT2D eigenvalue weighted by molar-refractivity contribution is -0.0566. The lowest BCUT2D eigenvalue weighted by atomic mass is 9.98. The summed E-state index contributed by atoms with van der Waals surface area (Å²) in [4.78, 5) is 11.4. The number of pyridine rings is 1. The van der Waals surface area contributed by atoms with Gasteiger partial charge in [0.1, 0.15) is 12.0 Å². The van der Waals surface area contributed by atoms with Crippen LogP contribution in [0.5, 0.6) is 0 Å². The van der Waals surface area contributed by atoms with Crippen LogP contribution in [-0.2, 0) is 0 Å². The van der Waals surface area contributed by atoms with Gasteiger partial charge < -0.3 is 5.73 Å². The molecule has 4 nitrogen and oxygen atoms in total. The molecule has 0 amide bonds. The molecule has 2 atom stereocenters. The molecule has 2 heterocycles. The Morgan fingerprint density at radius 3 is 2.48 bits per heavy atom. The highest BCUT2D eigenvalue weighted by Gasteiger charge is 2.42. The van der Waals surface area contributed by atoms with Crippen LogP contribution in [-0.4, -0.2) is 33.7 Å². The second-order valence-electron chi connectivity index (χ2n) is 5.64. The maximum absolute atomic E-state index is 13.0. The number of hydrogen-bond acceptors (Lipinski definition) is 5. The Kier molecular flexibility index (Phi) is 4.95. The van der Waals surface area contributed by atoms with E-state index in [1.54, 1.807) is 13.1 Å². The second-order valence-corrected chi connectivity index (χ2v) is 6.08. The molecule has 2 rings (SSSR count). The smallest absolute Gasteiger partial charge is 0.305 e. The Labute approximate surface area is 137 Å². The molecule has 1 aromatic heterocycles. The van der Waals surface area contributed by atoms with Gasteiger partial charge in [-0.1, -0.05) is 26.1 Å². The molecule has 0 fully saturated rings. The second kappa shape index (κ2) is 6.45. The number of alkyl halides is 3. The Bertz CT molecular complexity index is 680. The fraction of sp³-hybridized carbons (Fsp3) is 0.467. The number of halogens is 3. The zero-order chi connectivity index (χ0) is 17.4. The van der Waals surface area contributed by atoms with Gasteiger partial charge in [-0.25, -0.2) is 9.98 Å². The highest BCUT2D eigenvalue weighted by molar-refractivity contribution is 7.82. The molecule has 0 bridgehead atoms. The van der Waals surface area contributed by atoms with Crippen LogP contribution in [0.4, 0.5) is 13.2 Å². The van der Waals surface area contributed by atoms with Crippen molar-refractivity contribution in [2.75, 3.05) is 0 Å². The van der Waals surface area contributed by atoms with Gasteiger partial charge in [-0.15, -0.1) is 0 Å². The number of amidine groups is 1. The Hall–Kier alpha value is -1.67. The molecule has 8 heteroatoms. The zero-order valence-corrected chi connectivity index (χ0v) is 13.7. The Morgan fingerprint density at radius 1 is 1.26 bits per heavy atom. The van der Waals surface area contributed by atoms with Gasteiger partial charge in [0.25, 0.3) is 0 Å². The quantitative estimate of drug-likeness (QED) is 0.857. The number of aliphatic imine (C=N–C) groups is 2. The van der Waals surface area contributed by atoms with Gasteiger partial charge in [-0.05, 0) is 30.5 Å². The molecule has 2 unspecified atom stereocenters. The molecule has 0 radical (unpaired) electrons. The maximum Gasteiger partial charge on any atom is 0.434 e. The van der Waals surface area contributed by atoms with Crippen molar-refractivity contribution in [3.8, 4) is 0 Å². The van der Waals surface area contributed by atoms with Gasteiger partial charge in [0.15, 0.2) is 5.71 Å². The van der Waals surface area contributed by atoms with E-state index in [4.69, 9.17) is 18.0 Å². The number of nitrogens with two attached hydrogens (primary N) is 1. The Balaban J connectivity index is 2.41. The molecule has 0 aliphatic carbocycles. The lowest BCUT2D eigenvalue weighted by Crippen LogP contribution is -2.44. The SMILES string of the molecule is CC(C)c1ccnc(C(C)C2=NC(N)C(=S)C(C(F)(F)F)=N2)c1. The predicted octanol–water partition coefficient (Wildman–Crippen LogP) is 3.38. The van der Waals surface area contributed by atoms with Crippen molar-refractivity contribution in [2.24, 2.45) is 15.7 Å². The minimum Gasteiger partial charge on any atom is -0.305 e. The first-order valence-electron chi connectivity index (χ1n) is 7.10. The minimum atomic E-state index is -4.65. The van der Waals surface area contributed by atoms with Crippen molar-refractivity contribution in [2.45, 2.75) is 44.9 Å². The molecule has 2 N–H and O–H groups in total. The van der Waals surface area contributed by atoms with E-state index in [9.17, 15) is 13.2 Å². The molecule has 1 aromatic rings. The van der Waals surface area contributed by atoms with E-state index in [0.717, 1.165) is 5.56 Å². The fourth-order valence-electron chi connectivity index (χ4n) is 2.15. The molecular weight excluding hydrogens is 325 g/mol. The van der Waals surface area contributed by atoms with E-state index < -0.39 is 28.8 Å². The van der Waals surface area contributed by atoms with Crippen molar-refractivity contribution in [3.05, 3.63) is 29.6 Å². The summed E-state index contributed by atoms with van der Waals surface area (Å²) in [6, 6.07) is 3.72. The van der Waals surface area contributed by atoms with E-state index >= 15 is 0 Å². The summed E-state index contributed by atoms with van der Waals surface area (Å²) in [6.45, 7) is 5.75. The van der Waals surface area contributed by atoms with Crippen LogP contribution in [0.2, 0.25) is 0 Å². The van der Waals surface area contributed by atoms with Crippen molar-refractivity contribution in [1.82, 2.24) is 4.98 Å². The molecule has 0 aromatic carbocycles. The summed E-state index contributed by atoms with van der Waals surface area (Å²) >= 11 is 4.71. The minimum absolute atomic E-state index is 0.00756. The van der Waals surface area contributed by atoms with E-state index in [2.05, 4.69) is 15.0 Å². The summed E-state index contributed by atoms with van der Waals surface area (Å²) in [6.07, 6.45) is -4.24. The number of thiocarbonyl (C=S) groups is 1. The van der Waals surface area contributed by atoms with Crippen molar-refractivity contribution in [1.29, 1.82) is 0 Å². The molecule has 124 valence electrons. The van der Waals surface area contributed by atoms with Crippen molar-refractivity contribution < 1.29 is 13.2 Å². The van der Waals surface area contributed by atoms with Gasteiger partial charge >= 0.3 is 6.18 Å². The van der Waals surface area contributed by atoms with Crippen LogP contribution in [0, 0.1) is 0 Å². The van der Waals surface area contributed by atoms with Crippen LogP contribution < -0.4 is 5.73 Å². The van der Waals surface area contributed by atoms with E-state index in [0.29, 0.717) is 5.69 Å². The molecule has 0 saturated heterocycles. The molecular formula is C15H17F3N4S. The molecule has 1 aliphatic heterocycles. The third kappa shape index (κ3) is 3.81. The molecule has 23 heavy (non-hydrogen) atoms. The highest BCUT2D eigenvalue weighted by Crippen LogP contribution is 2.26. The molecule has 1 aliphatic rings. The largest absolute Gasteiger partial charge is 0.434 e. The monoisotopic (exact) mass is 342 g/mol. The first-order valence-corrected chi connectivity index (χ1v) is 7.51. The first-order chi connectivity index (χ1) is 10.6. The normalized spacial score (nSPS) is 20.3. The summed E-state index contributed by atoms with van der Waals surface area (Å²) in [5, 5.41) is 0. The number of aromatic nitrogens is 1. The lowest BCUT2D eigenvalue weighted by Gasteiger charge is -2.22. The Morgan fingerprint density at radius 2 is 1.91 bits per heavy atom. The number of nitrogens with zero attached hydrogens (tertiary/aromatic N) is 3. The number of rotatable bonds is 3. The average molecular weight is 342 g/mol. The summed E-state index contributed by atoms with van der Waals surface area (Å²) in [7, 11) is 0. The van der Waals surface area contributed by atoms with Crippen molar-refractivity contribution in [3.63, 3.8) is 0 Å². The molecule has 0 spiro atoms. The summed E-state index contributed by atoms with van der Waals surface area (Å²) in [5.74, 6) is -0.242. The predicted molar refractivity (Wildman–Crippen MR) is 88.2 cm³/mol. The summed E-state index contributed by atoms with van der Waals surface area (Å²) in [5.41, 5.74) is 6.12. The first kappa shape index (κ1) is 17.7. The van der Waals surface area contributed by atoms with E-state index in [-0.39, 0.29) is 11.8 Å². The number of hydrogen-bond donors (Lipinski definition) is 1. The van der Waals surface area contributed by atoms with E-state index in [1.165, 1.54) is 0 Å².